The normalized spacial score (nSPS) is 25.6. The van der Waals surface area contributed by atoms with Crippen molar-refractivity contribution in [3.05, 3.63) is 35.1 Å². The van der Waals surface area contributed by atoms with E-state index in [0.717, 1.165) is 30.2 Å². The van der Waals surface area contributed by atoms with Crippen LogP contribution in [-0.4, -0.2) is 0 Å². The average molecular weight is 263 g/mol. The summed E-state index contributed by atoms with van der Waals surface area (Å²) in [7, 11) is 0. The molecule has 0 saturated heterocycles. The summed E-state index contributed by atoms with van der Waals surface area (Å²) in [4.78, 5) is 0. The van der Waals surface area contributed by atoms with Crippen molar-refractivity contribution in [1.29, 1.82) is 0 Å². The van der Waals surface area contributed by atoms with Crippen LogP contribution in [0.2, 0.25) is 0 Å². The summed E-state index contributed by atoms with van der Waals surface area (Å²) in [5.74, 6) is 1.87. The van der Waals surface area contributed by atoms with Crippen molar-refractivity contribution in [3.8, 4) is 0 Å². The quantitative estimate of drug-likeness (QED) is 0.847. The molecule has 0 amide bonds. The van der Waals surface area contributed by atoms with Gasteiger partial charge in [-0.05, 0) is 56.4 Å². The van der Waals surface area contributed by atoms with Gasteiger partial charge in [-0.2, -0.15) is 0 Å². The molecular formula is C17H26FN. The van der Waals surface area contributed by atoms with Gasteiger partial charge in [-0.1, -0.05) is 31.5 Å². The predicted molar refractivity (Wildman–Crippen MR) is 78.4 cm³/mol. The van der Waals surface area contributed by atoms with Crippen molar-refractivity contribution in [3.63, 3.8) is 0 Å². The van der Waals surface area contributed by atoms with Crippen LogP contribution in [0, 0.1) is 30.5 Å². The number of nitrogens with two attached hydrogens (primary N) is 1. The molecule has 1 fully saturated rings. The molecule has 0 bridgehead atoms. The van der Waals surface area contributed by atoms with Crippen molar-refractivity contribution in [1.82, 2.24) is 0 Å². The third kappa shape index (κ3) is 3.36. The first-order valence-corrected chi connectivity index (χ1v) is 7.50. The highest BCUT2D eigenvalue weighted by atomic mass is 19.1. The van der Waals surface area contributed by atoms with Crippen LogP contribution >= 0.6 is 0 Å². The van der Waals surface area contributed by atoms with Crippen LogP contribution in [0.5, 0.6) is 0 Å². The minimum Gasteiger partial charge on any atom is -0.324 e. The molecular weight excluding hydrogens is 237 g/mol. The standard InChI is InChI=1S/C17H26FN/c1-11(2)13-5-7-14(8-6-13)17(19)15-10-12(3)4-9-16(15)18/h4,9-11,13-14,17H,5-8,19H2,1-3H3. The molecule has 19 heavy (non-hydrogen) atoms. The zero-order valence-electron chi connectivity index (χ0n) is 12.3. The molecule has 0 heterocycles. The van der Waals surface area contributed by atoms with Gasteiger partial charge in [0.1, 0.15) is 5.82 Å². The first-order chi connectivity index (χ1) is 8.99. The van der Waals surface area contributed by atoms with Gasteiger partial charge >= 0.3 is 0 Å². The molecule has 0 radical (unpaired) electrons. The number of rotatable bonds is 3. The zero-order chi connectivity index (χ0) is 14.0. The van der Waals surface area contributed by atoms with Gasteiger partial charge in [-0.3, -0.25) is 0 Å². The van der Waals surface area contributed by atoms with Crippen LogP contribution in [0.15, 0.2) is 18.2 Å². The molecule has 2 heteroatoms. The maximum absolute atomic E-state index is 13.9. The monoisotopic (exact) mass is 263 g/mol. The van der Waals surface area contributed by atoms with E-state index in [2.05, 4.69) is 13.8 Å². The van der Waals surface area contributed by atoms with Gasteiger partial charge in [0.25, 0.3) is 0 Å². The van der Waals surface area contributed by atoms with E-state index in [-0.39, 0.29) is 11.9 Å². The maximum atomic E-state index is 13.9. The van der Waals surface area contributed by atoms with E-state index in [1.165, 1.54) is 12.8 Å². The van der Waals surface area contributed by atoms with E-state index in [0.29, 0.717) is 11.5 Å². The number of benzene rings is 1. The molecule has 0 aromatic heterocycles. The zero-order valence-corrected chi connectivity index (χ0v) is 12.3. The lowest BCUT2D eigenvalue weighted by Gasteiger charge is -2.34. The van der Waals surface area contributed by atoms with Crippen LogP contribution in [0.1, 0.15) is 56.7 Å². The molecule has 2 N–H and O–H groups in total. The van der Waals surface area contributed by atoms with E-state index in [9.17, 15) is 4.39 Å². The Kier molecular flexibility index (Phi) is 4.62. The first-order valence-electron chi connectivity index (χ1n) is 7.50. The summed E-state index contributed by atoms with van der Waals surface area (Å²) in [6.45, 7) is 6.58. The second kappa shape index (κ2) is 6.04. The molecule has 1 unspecified atom stereocenters. The Labute approximate surface area is 116 Å². The first kappa shape index (κ1) is 14.5. The van der Waals surface area contributed by atoms with E-state index in [1.54, 1.807) is 12.1 Å². The Hall–Kier alpha value is -0.890. The van der Waals surface area contributed by atoms with Crippen molar-refractivity contribution >= 4 is 0 Å². The Morgan fingerprint density at radius 2 is 1.68 bits per heavy atom. The SMILES string of the molecule is Cc1ccc(F)c(C(N)C2CCC(C(C)C)CC2)c1. The Morgan fingerprint density at radius 1 is 1.11 bits per heavy atom. The lowest BCUT2D eigenvalue weighted by Crippen LogP contribution is -2.28. The van der Waals surface area contributed by atoms with Gasteiger partial charge < -0.3 is 5.73 Å². The molecule has 1 aliphatic carbocycles. The van der Waals surface area contributed by atoms with Gasteiger partial charge in [0.15, 0.2) is 0 Å². The van der Waals surface area contributed by atoms with Crippen LogP contribution < -0.4 is 5.73 Å². The summed E-state index contributed by atoms with van der Waals surface area (Å²) >= 11 is 0. The molecule has 0 aliphatic heterocycles. The minimum atomic E-state index is -0.149. The Bertz CT molecular complexity index is 419. The smallest absolute Gasteiger partial charge is 0.127 e. The van der Waals surface area contributed by atoms with E-state index < -0.39 is 0 Å². The minimum absolute atomic E-state index is 0.145. The highest BCUT2D eigenvalue weighted by Crippen LogP contribution is 2.38. The summed E-state index contributed by atoms with van der Waals surface area (Å²) in [6, 6.07) is 5.12. The van der Waals surface area contributed by atoms with Crippen LogP contribution in [0.25, 0.3) is 0 Å². The van der Waals surface area contributed by atoms with Gasteiger partial charge in [0, 0.05) is 11.6 Å². The van der Waals surface area contributed by atoms with Gasteiger partial charge in [0.05, 0.1) is 0 Å². The third-order valence-corrected chi connectivity index (χ3v) is 4.78. The van der Waals surface area contributed by atoms with Gasteiger partial charge in [-0.25, -0.2) is 4.39 Å². The van der Waals surface area contributed by atoms with Crippen LogP contribution in [0.4, 0.5) is 4.39 Å². The Morgan fingerprint density at radius 3 is 2.26 bits per heavy atom. The number of halogens is 1. The number of aryl methyl sites for hydroxylation is 1. The lowest BCUT2D eigenvalue weighted by atomic mass is 9.73. The second-order valence-electron chi connectivity index (χ2n) is 6.47. The lowest BCUT2D eigenvalue weighted by molar-refractivity contribution is 0.202. The molecule has 1 nitrogen and oxygen atoms in total. The molecule has 2 rings (SSSR count). The molecule has 1 aromatic rings. The highest BCUT2D eigenvalue weighted by molar-refractivity contribution is 5.27. The van der Waals surface area contributed by atoms with Crippen molar-refractivity contribution in [2.75, 3.05) is 0 Å². The van der Waals surface area contributed by atoms with Crippen molar-refractivity contribution in [2.24, 2.45) is 23.5 Å². The summed E-state index contributed by atoms with van der Waals surface area (Å²) in [6.07, 6.45) is 4.75. The van der Waals surface area contributed by atoms with E-state index in [1.807, 2.05) is 13.0 Å². The van der Waals surface area contributed by atoms with Gasteiger partial charge in [0.2, 0.25) is 0 Å². The van der Waals surface area contributed by atoms with Crippen molar-refractivity contribution < 1.29 is 4.39 Å². The summed E-state index contributed by atoms with van der Waals surface area (Å²) in [5, 5.41) is 0. The predicted octanol–water partition coefficient (Wildman–Crippen LogP) is 4.60. The summed E-state index contributed by atoms with van der Waals surface area (Å²) in [5.41, 5.74) is 8.11. The number of hydrogen-bond acceptors (Lipinski definition) is 1. The fraction of sp³-hybridized carbons (Fsp3) is 0.647. The molecule has 0 spiro atoms. The van der Waals surface area contributed by atoms with Crippen LogP contribution in [0.3, 0.4) is 0 Å². The largest absolute Gasteiger partial charge is 0.324 e. The molecule has 1 saturated carbocycles. The highest BCUT2D eigenvalue weighted by Gasteiger charge is 2.28. The van der Waals surface area contributed by atoms with E-state index >= 15 is 0 Å². The third-order valence-electron chi connectivity index (χ3n) is 4.78. The van der Waals surface area contributed by atoms with Crippen LogP contribution in [-0.2, 0) is 0 Å². The fourth-order valence-electron chi connectivity index (χ4n) is 3.34. The van der Waals surface area contributed by atoms with E-state index in [4.69, 9.17) is 5.73 Å². The summed E-state index contributed by atoms with van der Waals surface area (Å²) < 4.78 is 13.9. The average Bonchev–Trinajstić information content (AvgIpc) is 2.41. The number of hydrogen-bond donors (Lipinski definition) is 1. The second-order valence-corrected chi connectivity index (χ2v) is 6.47. The Balaban J connectivity index is 2.05. The fourth-order valence-corrected chi connectivity index (χ4v) is 3.34. The van der Waals surface area contributed by atoms with Gasteiger partial charge in [-0.15, -0.1) is 0 Å². The molecule has 1 aliphatic rings. The molecule has 106 valence electrons. The molecule has 1 aromatic carbocycles. The topological polar surface area (TPSA) is 26.0 Å². The molecule has 1 atom stereocenters. The maximum Gasteiger partial charge on any atom is 0.127 e. The van der Waals surface area contributed by atoms with Crippen molar-refractivity contribution in [2.45, 2.75) is 52.5 Å².